The third-order valence-corrected chi connectivity index (χ3v) is 5.32. The predicted octanol–water partition coefficient (Wildman–Crippen LogP) is 3.03. The number of carbonyl (C=O) groups is 1. The van der Waals surface area contributed by atoms with Crippen molar-refractivity contribution in [3.05, 3.63) is 76.7 Å². The molecule has 148 valence electrons. The Hall–Kier alpha value is -3.41. The Kier molecular flexibility index (Phi) is 5.16. The van der Waals surface area contributed by atoms with E-state index in [2.05, 4.69) is 22.5 Å². The average Bonchev–Trinajstić information content (AvgIpc) is 3.02. The normalized spacial score (nSPS) is 12.3. The number of nitrogens with one attached hydrogen (secondary N) is 1. The largest absolute Gasteiger partial charge is 0.352 e. The van der Waals surface area contributed by atoms with Gasteiger partial charge in [-0.15, -0.1) is 0 Å². The summed E-state index contributed by atoms with van der Waals surface area (Å²) < 4.78 is 3.10. The fourth-order valence-corrected chi connectivity index (χ4v) is 3.78. The van der Waals surface area contributed by atoms with Gasteiger partial charge in [0, 0.05) is 29.4 Å². The minimum atomic E-state index is -0.256. The number of nitrogens with zero attached hydrogens (tertiary/aromatic N) is 3. The van der Waals surface area contributed by atoms with Gasteiger partial charge in [-0.1, -0.05) is 48.5 Å². The first-order chi connectivity index (χ1) is 14.0. The first-order valence-corrected chi connectivity index (χ1v) is 9.81. The zero-order valence-electron chi connectivity index (χ0n) is 16.6. The Morgan fingerprint density at radius 2 is 1.79 bits per heavy atom. The number of amides is 1. The van der Waals surface area contributed by atoms with Crippen molar-refractivity contribution < 1.29 is 4.79 Å². The number of aromatic nitrogens is 3. The maximum absolute atomic E-state index is 13.0. The summed E-state index contributed by atoms with van der Waals surface area (Å²) in [5.74, 6) is -0.210. The molecule has 1 unspecified atom stereocenters. The number of hydrogen-bond donors (Lipinski definition) is 1. The molecule has 4 aromatic rings. The lowest BCUT2D eigenvalue weighted by Crippen LogP contribution is -2.38. The van der Waals surface area contributed by atoms with E-state index >= 15 is 0 Å². The van der Waals surface area contributed by atoms with E-state index in [0.29, 0.717) is 5.52 Å². The third kappa shape index (κ3) is 3.78. The van der Waals surface area contributed by atoms with Gasteiger partial charge in [0.25, 0.3) is 5.56 Å². The van der Waals surface area contributed by atoms with Gasteiger partial charge in [0.05, 0.1) is 6.20 Å². The molecular formula is C23H24N4O2. The molecule has 29 heavy (non-hydrogen) atoms. The molecule has 0 aliphatic rings. The van der Waals surface area contributed by atoms with Crippen LogP contribution in [-0.2, 0) is 24.8 Å². The van der Waals surface area contributed by atoms with Crippen LogP contribution in [0.4, 0.5) is 0 Å². The van der Waals surface area contributed by atoms with E-state index in [9.17, 15) is 9.59 Å². The quantitative estimate of drug-likeness (QED) is 0.552. The molecule has 0 radical (unpaired) electrons. The van der Waals surface area contributed by atoms with Gasteiger partial charge in [-0.2, -0.15) is 5.10 Å². The van der Waals surface area contributed by atoms with E-state index in [1.165, 1.54) is 10.2 Å². The first kappa shape index (κ1) is 18.9. The number of rotatable bonds is 6. The van der Waals surface area contributed by atoms with Gasteiger partial charge in [0.15, 0.2) is 0 Å². The molecular weight excluding hydrogens is 364 g/mol. The van der Waals surface area contributed by atoms with Crippen LogP contribution in [-0.4, -0.2) is 26.3 Å². The highest BCUT2D eigenvalue weighted by atomic mass is 16.2. The Morgan fingerprint density at radius 3 is 2.59 bits per heavy atom. The van der Waals surface area contributed by atoms with Gasteiger partial charge in [-0.25, -0.2) is 4.68 Å². The second-order valence-electron chi connectivity index (χ2n) is 7.44. The molecule has 0 saturated heterocycles. The Balaban J connectivity index is 1.48. The third-order valence-electron chi connectivity index (χ3n) is 5.32. The average molecular weight is 388 g/mol. The molecule has 0 spiro atoms. The topological polar surface area (TPSA) is 68.9 Å². The minimum absolute atomic E-state index is 0.0137. The van der Waals surface area contributed by atoms with Crippen LogP contribution in [0.25, 0.3) is 21.8 Å². The maximum Gasteiger partial charge on any atom is 0.291 e. The van der Waals surface area contributed by atoms with Gasteiger partial charge in [0.1, 0.15) is 12.1 Å². The van der Waals surface area contributed by atoms with Crippen molar-refractivity contribution in [3.8, 4) is 0 Å². The standard InChI is InChI=1S/C23H24N4O2/c1-16(12-13-17-8-4-3-5-9-17)25-21(28)15-27-23(29)22-19(14-24-27)18-10-6-7-11-20(18)26(22)2/h3-11,14,16H,12-13,15H2,1-2H3,(H,25,28). The van der Waals surface area contributed by atoms with Crippen LogP contribution >= 0.6 is 0 Å². The molecule has 6 heteroatoms. The molecule has 2 aromatic carbocycles. The molecule has 0 fully saturated rings. The van der Waals surface area contributed by atoms with Crippen LogP contribution in [0.2, 0.25) is 0 Å². The van der Waals surface area contributed by atoms with Gasteiger partial charge < -0.3 is 9.88 Å². The lowest BCUT2D eigenvalue weighted by molar-refractivity contribution is -0.122. The highest BCUT2D eigenvalue weighted by Crippen LogP contribution is 2.24. The van der Waals surface area contributed by atoms with Crippen LogP contribution < -0.4 is 10.9 Å². The summed E-state index contributed by atoms with van der Waals surface area (Å²) in [5.41, 5.74) is 2.52. The molecule has 0 aliphatic heterocycles. The van der Waals surface area contributed by atoms with E-state index in [1.807, 2.05) is 61.0 Å². The molecule has 2 aromatic heterocycles. The SMILES string of the molecule is CC(CCc1ccccc1)NC(=O)Cn1ncc2c3ccccc3n(C)c2c1=O. The van der Waals surface area contributed by atoms with Crippen molar-refractivity contribution in [1.82, 2.24) is 19.7 Å². The highest BCUT2D eigenvalue weighted by molar-refractivity contribution is 6.07. The Labute approximate surface area is 168 Å². The van der Waals surface area contributed by atoms with E-state index in [-0.39, 0.29) is 24.1 Å². The maximum atomic E-state index is 13.0. The van der Waals surface area contributed by atoms with Gasteiger partial charge >= 0.3 is 0 Å². The summed E-state index contributed by atoms with van der Waals surface area (Å²) in [6.45, 7) is 1.89. The van der Waals surface area contributed by atoms with Crippen LogP contribution in [0.15, 0.2) is 65.6 Å². The highest BCUT2D eigenvalue weighted by Gasteiger charge is 2.15. The summed E-state index contributed by atoms with van der Waals surface area (Å²) in [5, 5.41) is 9.00. The molecule has 0 saturated carbocycles. The van der Waals surface area contributed by atoms with Crippen molar-refractivity contribution in [1.29, 1.82) is 0 Å². The molecule has 1 atom stereocenters. The van der Waals surface area contributed by atoms with Crippen molar-refractivity contribution in [2.45, 2.75) is 32.4 Å². The molecule has 1 amide bonds. The van der Waals surface area contributed by atoms with Crippen molar-refractivity contribution in [3.63, 3.8) is 0 Å². The summed E-state index contributed by atoms with van der Waals surface area (Å²) in [6, 6.07) is 18.0. The minimum Gasteiger partial charge on any atom is -0.352 e. The first-order valence-electron chi connectivity index (χ1n) is 9.81. The summed E-state index contributed by atoms with van der Waals surface area (Å²) in [6.07, 6.45) is 3.40. The smallest absolute Gasteiger partial charge is 0.291 e. The second-order valence-corrected chi connectivity index (χ2v) is 7.44. The van der Waals surface area contributed by atoms with E-state index in [4.69, 9.17) is 0 Å². The molecule has 0 aliphatic carbocycles. The summed E-state index contributed by atoms with van der Waals surface area (Å²) in [7, 11) is 1.86. The lowest BCUT2D eigenvalue weighted by Gasteiger charge is -2.14. The van der Waals surface area contributed by atoms with Crippen molar-refractivity contribution in [2.75, 3.05) is 0 Å². The monoisotopic (exact) mass is 388 g/mol. The zero-order chi connectivity index (χ0) is 20.4. The van der Waals surface area contributed by atoms with Crippen LogP contribution in [0.3, 0.4) is 0 Å². The molecule has 6 nitrogen and oxygen atoms in total. The predicted molar refractivity (Wildman–Crippen MR) is 115 cm³/mol. The van der Waals surface area contributed by atoms with Gasteiger partial charge in [-0.3, -0.25) is 9.59 Å². The molecule has 1 N–H and O–H groups in total. The van der Waals surface area contributed by atoms with Gasteiger partial charge in [0.2, 0.25) is 5.91 Å². The fourth-order valence-electron chi connectivity index (χ4n) is 3.78. The zero-order valence-corrected chi connectivity index (χ0v) is 16.6. The van der Waals surface area contributed by atoms with Crippen molar-refractivity contribution in [2.24, 2.45) is 7.05 Å². The number of fused-ring (bicyclic) bond motifs is 3. The Morgan fingerprint density at radius 1 is 1.07 bits per heavy atom. The van der Waals surface area contributed by atoms with Crippen LogP contribution in [0.1, 0.15) is 18.9 Å². The number of aryl methyl sites for hydroxylation is 2. The number of carbonyl (C=O) groups excluding carboxylic acids is 1. The summed E-state index contributed by atoms with van der Waals surface area (Å²) >= 11 is 0. The molecule has 4 rings (SSSR count). The summed E-state index contributed by atoms with van der Waals surface area (Å²) in [4.78, 5) is 25.4. The molecule has 2 heterocycles. The lowest BCUT2D eigenvalue weighted by atomic mass is 10.1. The molecule has 0 bridgehead atoms. The van der Waals surface area contributed by atoms with E-state index in [1.54, 1.807) is 6.20 Å². The Bertz CT molecular complexity index is 1220. The second kappa shape index (κ2) is 7.91. The number of benzene rings is 2. The van der Waals surface area contributed by atoms with E-state index in [0.717, 1.165) is 29.1 Å². The van der Waals surface area contributed by atoms with Crippen LogP contribution in [0, 0.1) is 0 Å². The van der Waals surface area contributed by atoms with Gasteiger partial charge in [-0.05, 0) is 31.4 Å². The fraction of sp³-hybridized carbons (Fsp3) is 0.261. The number of hydrogen-bond acceptors (Lipinski definition) is 3. The van der Waals surface area contributed by atoms with Crippen molar-refractivity contribution >= 4 is 27.7 Å². The van der Waals surface area contributed by atoms with Crippen LogP contribution in [0.5, 0.6) is 0 Å². The van der Waals surface area contributed by atoms with E-state index < -0.39 is 0 Å². The number of para-hydroxylation sites is 1.